The Balaban J connectivity index is 1.75. The SMILES string of the molecule is CCOc1ccccc1N(CCCC(=O)N(Cc1ccccc1)C(CC)C(=O)NC1CCCCC1)S(C)(=O)=O. The molecule has 0 bridgehead atoms. The summed E-state index contributed by atoms with van der Waals surface area (Å²) in [5.74, 6) is 0.195. The highest BCUT2D eigenvalue weighted by atomic mass is 32.2. The van der Waals surface area contributed by atoms with Gasteiger partial charge in [-0.1, -0.05) is 68.7 Å². The fraction of sp³-hybridized carbons (Fsp3) is 0.533. The van der Waals surface area contributed by atoms with Gasteiger partial charge in [-0.3, -0.25) is 13.9 Å². The molecule has 0 saturated heterocycles. The van der Waals surface area contributed by atoms with Gasteiger partial charge in [-0.05, 0) is 50.3 Å². The molecule has 1 unspecified atom stereocenters. The van der Waals surface area contributed by atoms with Crippen molar-refractivity contribution >= 4 is 27.5 Å². The quantitative estimate of drug-likeness (QED) is 0.357. The van der Waals surface area contributed by atoms with E-state index in [1.165, 1.54) is 10.7 Å². The van der Waals surface area contributed by atoms with Gasteiger partial charge in [0, 0.05) is 25.6 Å². The average Bonchev–Trinajstić information content (AvgIpc) is 2.92. The summed E-state index contributed by atoms with van der Waals surface area (Å²) in [4.78, 5) is 28.7. The largest absolute Gasteiger partial charge is 0.492 e. The van der Waals surface area contributed by atoms with E-state index >= 15 is 0 Å². The van der Waals surface area contributed by atoms with E-state index in [1.807, 2.05) is 44.2 Å². The maximum absolute atomic E-state index is 13.6. The van der Waals surface area contributed by atoms with Gasteiger partial charge in [0.1, 0.15) is 11.8 Å². The highest BCUT2D eigenvalue weighted by Gasteiger charge is 2.30. The van der Waals surface area contributed by atoms with E-state index in [0.29, 0.717) is 37.4 Å². The molecule has 39 heavy (non-hydrogen) atoms. The van der Waals surface area contributed by atoms with E-state index in [4.69, 9.17) is 4.74 Å². The Morgan fingerprint density at radius 3 is 2.31 bits per heavy atom. The number of ether oxygens (including phenoxy) is 1. The molecule has 9 heteroatoms. The predicted molar refractivity (Wildman–Crippen MR) is 155 cm³/mol. The van der Waals surface area contributed by atoms with E-state index in [0.717, 1.165) is 37.5 Å². The van der Waals surface area contributed by atoms with Crippen molar-refractivity contribution < 1.29 is 22.7 Å². The summed E-state index contributed by atoms with van der Waals surface area (Å²) in [5.41, 5.74) is 1.40. The van der Waals surface area contributed by atoms with Crippen molar-refractivity contribution in [3.8, 4) is 5.75 Å². The Kier molecular flexibility index (Phi) is 11.7. The van der Waals surface area contributed by atoms with Gasteiger partial charge in [0.05, 0.1) is 18.6 Å². The molecule has 3 rings (SSSR count). The van der Waals surface area contributed by atoms with Crippen LogP contribution in [0.2, 0.25) is 0 Å². The summed E-state index contributed by atoms with van der Waals surface area (Å²) >= 11 is 0. The Labute approximate surface area is 233 Å². The first-order valence-electron chi connectivity index (χ1n) is 14.1. The smallest absolute Gasteiger partial charge is 0.243 e. The molecule has 0 spiro atoms. The summed E-state index contributed by atoms with van der Waals surface area (Å²) < 4.78 is 32.3. The number of hydrogen-bond acceptors (Lipinski definition) is 5. The Bertz CT molecular complexity index is 1170. The molecule has 0 heterocycles. The number of rotatable bonds is 14. The van der Waals surface area contributed by atoms with E-state index in [1.54, 1.807) is 29.2 Å². The molecule has 1 aliphatic rings. The van der Waals surface area contributed by atoms with Crippen molar-refractivity contribution in [2.75, 3.05) is 23.7 Å². The minimum absolute atomic E-state index is 0.114. The average molecular weight is 558 g/mol. The second kappa shape index (κ2) is 14.9. The van der Waals surface area contributed by atoms with Crippen LogP contribution in [0.1, 0.15) is 70.8 Å². The fourth-order valence-electron chi connectivity index (χ4n) is 5.17. The van der Waals surface area contributed by atoms with E-state index in [-0.39, 0.29) is 30.8 Å². The molecular weight excluding hydrogens is 514 g/mol. The third-order valence-corrected chi connectivity index (χ3v) is 8.30. The summed E-state index contributed by atoms with van der Waals surface area (Å²) in [6.45, 7) is 4.61. The number of hydrogen-bond donors (Lipinski definition) is 1. The van der Waals surface area contributed by atoms with Gasteiger partial charge < -0.3 is 15.0 Å². The topological polar surface area (TPSA) is 96.0 Å². The normalized spacial score (nSPS) is 14.8. The molecule has 1 N–H and O–H groups in total. The minimum atomic E-state index is -3.61. The highest BCUT2D eigenvalue weighted by molar-refractivity contribution is 7.92. The predicted octanol–water partition coefficient (Wildman–Crippen LogP) is 4.89. The molecule has 2 amide bonds. The van der Waals surface area contributed by atoms with E-state index in [2.05, 4.69) is 5.32 Å². The summed E-state index contributed by atoms with van der Waals surface area (Å²) in [6, 6.07) is 16.2. The van der Waals surface area contributed by atoms with Crippen molar-refractivity contribution in [1.29, 1.82) is 0 Å². The number of benzene rings is 2. The standard InChI is InChI=1S/C30H43N3O5S/c1-4-26(30(35)31-25-17-10-7-11-18-25)32(23-24-15-8-6-9-16-24)29(34)21-14-22-33(39(3,36)37)27-19-12-13-20-28(27)38-5-2/h6,8-9,12-13,15-16,19-20,25-26H,4-5,7,10-11,14,17-18,21-23H2,1-3H3,(H,31,35). The lowest BCUT2D eigenvalue weighted by Gasteiger charge is -2.33. The van der Waals surface area contributed by atoms with Crippen LogP contribution in [0.4, 0.5) is 5.69 Å². The molecule has 2 aromatic carbocycles. The van der Waals surface area contributed by atoms with Crippen LogP contribution in [-0.2, 0) is 26.2 Å². The van der Waals surface area contributed by atoms with E-state index in [9.17, 15) is 18.0 Å². The van der Waals surface area contributed by atoms with Crippen molar-refractivity contribution in [1.82, 2.24) is 10.2 Å². The molecule has 1 atom stereocenters. The van der Waals surface area contributed by atoms with Crippen molar-refractivity contribution in [2.45, 2.75) is 83.8 Å². The van der Waals surface area contributed by atoms with Crippen LogP contribution < -0.4 is 14.4 Å². The molecule has 0 radical (unpaired) electrons. The zero-order valence-corrected chi connectivity index (χ0v) is 24.3. The zero-order chi connectivity index (χ0) is 28.3. The minimum Gasteiger partial charge on any atom is -0.492 e. The number of nitrogens with one attached hydrogen (secondary N) is 1. The molecule has 0 aliphatic heterocycles. The van der Waals surface area contributed by atoms with Gasteiger partial charge in [-0.15, -0.1) is 0 Å². The first kappa shape index (κ1) is 30.5. The Morgan fingerprint density at radius 2 is 1.67 bits per heavy atom. The molecule has 8 nitrogen and oxygen atoms in total. The van der Waals surface area contributed by atoms with Gasteiger partial charge >= 0.3 is 0 Å². The summed E-state index contributed by atoms with van der Waals surface area (Å²) in [7, 11) is -3.61. The second-order valence-corrected chi connectivity index (χ2v) is 12.0. The monoisotopic (exact) mass is 557 g/mol. The number of sulfonamides is 1. The first-order chi connectivity index (χ1) is 18.7. The van der Waals surface area contributed by atoms with Gasteiger partial charge in [-0.25, -0.2) is 8.42 Å². The van der Waals surface area contributed by atoms with Crippen LogP contribution in [0, 0.1) is 0 Å². The lowest BCUT2D eigenvalue weighted by atomic mass is 9.95. The van der Waals surface area contributed by atoms with E-state index < -0.39 is 16.1 Å². The zero-order valence-electron chi connectivity index (χ0n) is 23.5. The summed E-state index contributed by atoms with van der Waals surface area (Å²) in [6.07, 6.45) is 7.42. The molecule has 0 aromatic heterocycles. The highest BCUT2D eigenvalue weighted by Crippen LogP contribution is 2.30. The van der Waals surface area contributed by atoms with Crippen LogP contribution in [0.5, 0.6) is 5.75 Å². The molecule has 2 aromatic rings. The fourth-order valence-corrected chi connectivity index (χ4v) is 6.14. The van der Waals surface area contributed by atoms with Gasteiger partial charge in [0.15, 0.2) is 0 Å². The summed E-state index contributed by atoms with van der Waals surface area (Å²) in [5, 5.41) is 3.19. The number of amides is 2. The molecule has 1 aliphatic carbocycles. The number of para-hydroxylation sites is 2. The molecule has 214 valence electrons. The lowest BCUT2D eigenvalue weighted by Crippen LogP contribution is -2.51. The molecule has 1 fully saturated rings. The molecule has 1 saturated carbocycles. The van der Waals surface area contributed by atoms with Gasteiger partial charge in [-0.2, -0.15) is 0 Å². The first-order valence-corrected chi connectivity index (χ1v) is 15.9. The number of carbonyl (C=O) groups excluding carboxylic acids is 2. The maximum atomic E-state index is 13.6. The van der Waals surface area contributed by atoms with Crippen molar-refractivity contribution in [3.63, 3.8) is 0 Å². The third-order valence-electron chi connectivity index (χ3n) is 7.12. The maximum Gasteiger partial charge on any atom is 0.243 e. The van der Waals surface area contributed by atoms with Crippen LogP contribution in [0.3, 0.4) is 0 Å². The van der Waals surface area contributed by atoms with Crippen LogP contribution in [0.25, 0.3) is 0 Å². The van der Waals surface area contributed by atoms with Crippen LogP contribution in [0.15, 0.2) is 54.6 Å². The number of anilines is 1. The van der Waals surface area contributed by atoms with Crippen molar-refractivity contribution in [2.24, 2.45) is 0 Å². The third kappa shape index (κ3) is 8.98. The van der Waals surface area contributed by atoms with Crippen LogP contribution >= 0.6 is 0 Å². The van der Waals surface area contributed by atoms with Gasteiger partial charge in [0.2, 0.25) is 21.8 Å². The number of carbonyl (C=O) groups is 2. The Hall–Kier alpha value is -3.07. The Morgan fingerprint density at radius 1 is 1.00 bits per heavy atom. The van der Waals surface area contributed by atoms with Gasteiger partial charge in [0.25, 0.3) is 0 Å². The number of nitrogens with zero attached hydrogens (tertiary/aromatic N) is 2. The second-order valence-electron chi connectivity index (χ2n) is 10.1. The lowest BCUT2D eigenvalue weighted by molar-refractivity contribution is -0.141. The van der Waals surface area contributed by atoms with Crippen molar-refractivity contribution in [3.05, 3.63) is 60.2 Å². The molecular formula is C30H43N3O5S. The van der Waals surface area contributed by atoms with Crippen LogP contribution in [-0.4, -0.2) is 56.6 Å².